The van der Waals surface area contributed by atoms with Gasteiger partial charge in [0.25, 0.3) is 10.1 Å². The summed E-state index contributed by atoms with van der Waals surface area (Å²) in [6.07, 6.45) is 2.84. The van der Waals surface area contributed by atoms with Crippen molar-refractivity contribution < 1.29 is 22.1 Å². The highest BCUT2D eigenvalue weighted by Crippen LogP contribution is 2.37. The van der Waals surface area contributed by atoms with Gasteiger partial charge in [-0.2, -0.15) is 18.5 Å². The number of ether oxygens (including phenoxy) is 2. The summed E-state index contributed by atoms with van der Waals surface area (Å²) in [5, 5.41) is 5.91. The van der Waals surface area contributed by atoms with Crippen molar-refractivity contribution in [2.45, 2.75) is 26.1 Å². The Hall–Kier alpha value is -4.41. The van der Waals surface area contributed by atoms with Gasteiger partial charge in [-0.1, -0.05) is 60.7 Å². The highest BCUT2D eigenvalue weighted by atomic mass is 32.2. The normalized spacial score (nSPS) is 14.2. The minimum atomic E-state index is -3.42. The number of aromatic nitrogens is 3. The summed E-state index contributed by atoms with van der Waals surface area (Å²) in [5.41, 5.74) is 5.78. The Morgan fingerprint density at radius 3 is 2.16 bits per heavy atom. The Kier molecular flexibility index (Phi) is 8.81. The fourth-order valence-corrected chi connectivity index (χ4v) is 5.91. The molecule has 44 heavy (non-hydrogen) atoms. The number of piperidine rings is 1. The largest absolute Gasteiger partial charge is 0.473 e. The van der Waals surface area contributed by atoms with Gasteiger partial charge in [0.1, 0.15) is 18.9 Å². The van der Waals surface area contributed by atoms with Crippen LogP contribution in [-0.2, 0) is 34.6 Å². The minimum Gasteiger partial charge on any atom is -0.473 e. The van der Waals surface area contributed by atoms with E-state index in [0.29, 0.717) is 25.0 Å². The van der Waals surface area contributed by atoms with Crippen LogP contribution in [-0.4, -0.2) is 49.1 Å². The molecule has 3 heterocycles. The van der Waals surface area contributed by atoms with Gasteiger partial charge in [-0.25, -0.2) is 0 Å². The van der Waals surface area contributed by atoms with E-state index in [1.165, 1.54) is 0 Å². The van der Waals surface area contributed by atoms with Crippen molar-refractivity contribution in [3.63, 3.8) is 0 Å². The molecule has 1 saturated heterocycles. The molecule has 0 spiro atoms. The average Bonchev–Trinajstić information content (AvgIpc) is 3.38. The standard InChI is InChI=1S/C34H36N4O5S/c1-37-31-21-28(38-19-17-27(18-20-38)24-43-44(2,39)40)13-14-29(31)33(36-37)30-15-16-32(41-22-25-9-5-3-6-10-25)35-34(30)42-23-26-11-7-4-8-12-26/h3-16,21,27H,17-20,22-24H2,1-2H3. The molecule has 6 rings (SSSR count). The summed E-state index contributed by atoms with van der Waals surface area (Å²) < 4.78 is 42.0. The summed E-state index contributed by atoms with van der Waals surface area (Å²) in [5.74, 6) is 1.17. The number of hydrogen-bond acceptors (Lipinski definition) is 8. The molecule has 2 aromatic heterocycles. The van der Waals surface area contributed by atoms with Gasteiger partial charge >= 0.3 is 0 Å². The molecule has 1 fully saturated rings. The summed E-state index contributed by atoms with van der Waals surface area (Å²) in [4.78, 5) is 7.10. The predicted octanol–water partition coefficient (Wildman–Crippen LogP) is 5.99. The molecule has 1 aliphatic heterocycles. The fraction of sp³-hybridized carbons (Fsp3) is 0.294. The number of nitrogens with zero attached hydrogens (tertiary/aromatic N) is 4. The van der Waals surface area contributed by atoms with Crippen LogP contribution in [0.2, 0.25) is 0 Å². The first kappa shape index (κ1) is 29.7. The smallest absolute Gasteiger partial charge is 0.264 e. The molecule has 3 aromatic carbocycles. The zero-order chi connectivity index (χ0) is 30.5. The van der Waals surface area contributed by atoms with Crippen molar-refractivity contribution in [1.29, 1.82) is 0 Å². The molecular formula is C34H36N4O5S. The summed E-state index contributed by atoms with van der Waals surface area (Å²) >= 11 is 0. The van der Waals surface area contributed by atoms with Gasteiger partial charge in [0.15, 0.2) is 0 Å². The molecule has 0 unspecified atom stereocenters. The Labute approximate surface area is 258 Å². The molecule has 0 bridgehead atoms. The molecular weight excluding hydrogens is 576 g/mol. The van der Waals surface area contributed by atoms with Crippen LogP contribution in [0.1, 0.15) is 24.0 Å². The first-order valence-corrected chi connectivity index (χ1v) is 16.5. The highest BCUT2D eigenvalue weighted by Gasteiger charge is 2.23. The van der Waals surface area contributed by atoms with Crippen LogP contribution >= 0.6 is 0 Å². The zero-order valence-electron chi connectivity index (χ0n) is 24.9. The number of fused-ring (bicyclic) bond motifs is 1. The number of pyridine rings is 1. The average molecular weight is 613 g/mol. The van der Waals surface area contributed by atoms with Crippen molar-refractivity contribution in [3.8, 4) is 23.0 Å². The van der Waals surface area contributed by atoms with Crippen LogP contribution in [0.4, 0.5) is 5.69 Å². The quantitative estimate of drug-likeness (QED) is 0.168. The van der Waals surface area contributed by atoms with Crippen LogP contribution < -0.4 is 14.4 Å². The molecule has 228 valence electrons. The molecule has 0 N–H and O–H groups in total. The van der Waals surface area contributed by atoms with Crippen LogP contribution in [0.15, 0.2) is 91.0 Å². The number of benzene rings is 3. The second kappa shape index (κ2) is 13.1. The number of hydrogen-bond donors (Lipinski definition) is 0. The monoisotopic (exact) mass is 612 g/mol. The van der Waals surface area contributed by atoms with E-state index >= 15 is 0 Å². The molecule has 0 saturated carbocycles. The predicted molar refractivity (Wildman–Crippen MR) is 171 cm³/mol. The van der Waals surface area contributed by atoms with Crippen LogP contribution in [0.3, 0.4) is 0 Å². The Bertz CT molecular complexity index is 1820. The molecule has 5 aromatic rings. The summed E-state index contributed by atoms with van der Waals surface area (Å²) in [6.45, 7) is 2.68. The molecule has 9 nitrogen and oxygen atoms in total. The maximum Gasteiger partial charge on any atom is 0.264 e. The zero-order valence-corrected chi connectivity index (χ0v) is 25.7. The van der Waals surface area contributed by atoms with Gasteiger partial charge in [-0.3, -0.25) is 8.86 Å². The van der Waals surface area contributed by atoms with E-state index in [1.807, 2.05) is 84.5 Å². The van der Waals surface area contributed by atoms with Gasteiger partial charge in [-0.15, -0.1) is 0 Å². The molecule has 0 amide bonds. The maximum atomic E-state index is 11.4. The number of rotatable bonds is 11. The van der Waals surface area contributed by atoms with E-state index in [9.17, 15) is 8.42 Å². The van der Waals surface area contributed by atoms with Crippen molar-refractivity contribution in [2.24, 2.45) is 13.0 Å². The van der Waals surface area contributed by atoms with Gasteiger partial charge in [0, 0.05) is 37.3 Å². The first-order chi connectivity index (χ1) is 21.3. The molecule has 0 atom stereocenters. The topological polar surface area (TPSA) is 95.8 Å². The molecule has 0 radical (unpaired) electrons. The third kappa shape index (κ3) is 7.20. The Morgan fingerprint density at radius 2 is 1.50 bits per heavy atom. The molecule has 1 aliphatic rings. The van der Waals surface area contributed by atoms with Crippen LogP contribution in [0.25, 0.3) is 22.2 Å². The van der Waals surface area contributed by atoms with Crippen molar-refractivity contribution >= 4 is 26.7 Å². The van der Waals surface area contributed by atoms with E-state index < -0.39 is 10.1 Å². The minimum absolute atomic E-state index is 0.231. The van der Waals surface area contributed by atoms with Gasteiger partial charge in [-0.05, 0) is 54.2 Å². The SMILES string of the molecule is Cn1nc(-c2ccc(OCc3ccccc3)nc2OCc2ccccc2)c2ccc(N3CCC(COS(C)(=O)=O)CC3)cc21. The second-order valence-electron chi connectivity index (χ2n) is 11.1. The van der Waals surface area contributed by atoms with E-state index in [0.717, 1.165) is 71.2 Å². The third-order valence-electron chi connectivity index (χ3n) is 7.87. The lowest BCUT2D eigenvalue weighted by Gasteiger charge is -2.33. The van der Waals surface area contributed by atoms with Crippen molar-refractivity contribution in [2.75, 3.05) is 30.9 Å². The number of anilines is 1. The Morgan fingerprint density at radius 1 is 0.841 bits per heavy atom. The maximum absolute atomic E-state index is 11.4. The Balaban J connectivity index is 1.24. The summed E-state index contributed by atoms with van der Waals surface area (Å²) in [6, 6.07) is 30.2. The first-order valence-electron chi connectivity index (χ1n) is 14.7. The van der Waals surface area contributed by atoms with Gasteiger partial charge < -0.3 is 14.4 Å². The molecule has 10 heteroatoms. The van der Waals surface area contributed by atoms with Crippen molar-refractivity contribution in [3.05, 3.63) is 102 Å². The van der Waals surface area contributed by atoms with E-state index in [4.69, 9.17) is 23.7 Å². The van der Waals surface area contributed by atoms with Gasteiger partial charge in [0.2, 0.25) is 11.8 Å². The number of aryl methyl sites for hydroxylation is 1. The van der Waals surface area contributed by atoms with E-state index in [-0.39, 0.29) is 12.5 Å². The van der Waals surface area contributed by atoms with Gasteiger partial charge in [0.05, 0.1) is 23.9 Å². The summed E-state index contributed by atoms with van der Waals surface area (Å²) in [7, 11) is -1.48. The lowest BCUT2D eigenvalue weighted by molar-refractivity contribution is 0.230. The van der Waals surface area contributed by atoms with E-state index in [2.05, 4.69) is 23.1 Å². The molecule has 0 aliphatic carbocycles. The van der Waals surface area contributed by atoms with Crippen molar-refractivity contribution in [1.82, 2.24) is 14.8 Å². The lowest BCUT2D eigenvalue weighted by Crippen LogP contribution is -2.35. The van der Waals surface area contributed by atoms with E-state index in [1.54, 1.807) is 0 Å². The second-order valence-corrected chi connectivity index (χ2v) is 12.8. The lowest BCUT2D eigenvalue weighted by atomic mass is 9.97. The fourth-order valence-electron chi connectivity index (χ4n) is 5.47. The van der Waals surface area contributed by atoms with Crippen LogP contribution in [0, 0.1) is 5.92 Å². The highest BCUT2D eigenvalue weighted by molar-refractivity contribution is 7.85. The third-order valence-corrected chi connectivity index (χ3v) is 8.43. The van der Waals surface area contributed by atoms with Crippen LogP contribution in [0.5, 0.6) is 11.8 Å².